The number of nitrogens with zero attached hydrogens (tertiary/aromatic N) is 1. The molecule has 1 unspecified atom stereocenters. The van der Waals surface area contributed by atoms with Crippen LogP contribution >= 0.6 is 15.6 Å². The second kappa shape index (κ2) is 6.77. The van der Waals surface area contributed by atoms with Gasteiger partial charge in [0.15, 0.2) is 12.4 Å². The second-order valence-corrected chi connectivity index (χ2v) is 5.86. The van der Waals surface area contributed by atoms with Crippen molar-refractivity contribution in [2.75, 3.05) is 5.90 Å². The Morgan fingerprint density at radius 2 is 1.73 bits per heavy atom. The molecule has 0 aromatic carbocycles. The molecule has 15 heavy (non-hydrogen) atoms. The summed E-state index contributed by atoms with van der Waals surface area (Å²) in [5, 5.41) is 0. The monoisotopic (exact) mass is 253 g/mol. The topological polar surface area (TPSA) is 98.7 Å². The average Bonchev–Trinajstić information content (AvgIpc) is 2.01. The van der Waals surface area contributed by atoms with E-state index in [2.05, 4.69) is 0 Å². The Morgan fingerprint density at radius 3 is 1.87 bits per heavy atom. The molecule has 1 rings (SSSR count). The molecule has 0 amide bonds. The first-order valence-electron chi connectivity index (χ1n) is 3.89. The van der Waals surface area contributed by atoms with Crippen LogP contribution in [0.4, 0.5) is 0 Å². The van der Waals surface area contributed by atoms with Gasteiger partial charge >= 0.3 is 15.6 Å². The highest BCUT2D eigenvalue weighted by Gasteiger charge is 2.27. The minimum Gasteiger partial charge on any atom is -0.321 e. The number of hydrogen-bond donors (Lipinski definition) is 3. The standard InChI is InChI=1S/C6H8N.CH4O5P2/c1-7-5-3-2-4-6-7;2-7(3)1-8(4,5)6/h2-6H,1H3;1H2,(H2-,2,3,4,5,6)/q+1;/p+1. The van der Waals surface area contributed by atoms with Gasteiger partial charge in [-0.2, -0.15) is 4.89 Å². The molecule has 8 heteroatoms. The molecule has 1 aromatic heterocycles. The van der Waals surface area contributed by atoms with E-state index in [0.29, 0.717) is 0 Å². The van der Waals surface area contributed by atoms with Crippen molar-refractivity contribution in [3.8, 4) is 0 Å². The van der Waals surface area contributed by atoms with Gasteiger partial charge in [0.25, 0.3) is 5.90 Å². The van der Waals surface area contributed by atoms with Gasteiger partial charge in [-0.25, -0.2) is 4.57 Å². The van der Waals surface area contributed by atoms with E-state index < -0.39 is 21.5 Å². The average molecular weight is 253 g/mol. The molecule has 6 nitrogen and oxygen atoms in total. The molecule has 0 radical (unpaired) electrons. The molecule has 0 spiro atoms. The van der Waals surface area contributed by atoms with Gasteiger partial charge in [0, 0.05) is 12.1 Å². The molecule has 1 atom stereocenters. The Bertz CT molecular complexity index is 350. The number of aryl methyl sites for hydroxylation is 1. The minimum absolute atomic E-state index is 0.942. The Hall–Kier alpha value is -0.640. The van der Waals surface area contributed by atoms with Crippen LogP contribution in [0.25, 0.3) is 0 Å². The molecule has 0 fully saturated rings. The molecule has 3 N–H and O–H groups in total. The lowest BCUT2D eigenvalue weighted by Gasteiger charge is -1.88. The maximum absolute atomic E-state index is 9.79. The van der Waals surface area contributed by atoms with Crippen molar-refractivity contribution in [2.45, 2.75) is 0 Å². The molecule has 1 heterocycles. The van der Waals surface area contributed by atoms with E-state index in [1.165, 1.54) is 0 Å². The summed E-state index contributed by atoms with van der Waals surface area (Å²) >= 11 is 0. The number of hydrogen-bond acceptors (Lipinski definition) is 2. The van der Waals surface area contributed by atoms with Crippen molar-refractivity contribution in [1.82, 2.24) is 0 Å². The van der Waals surface area contributed by atoms with E-state index in [4.69, 9.17) is 14.7 Å². The van der Waals surface area contributed by atoms with Crippen molar-refractivity contribution in [2.24, 2.45) is 7.05 Å². The number of rotatable bonds is 2. The lowest BCUT2D eigenvalue weighted by Crippen LogP contribution is -2.25. The molecular formula is C7H13NO5P2+2. The molecule has 0 saturated heterocycles. The van der Waals surface area contributed by atoms with E-state index in [1.807, 2.05) is 42.2 Å². The van der Waals surface area contributed by atoms with Crippen LogP contribution in [0.3, 0.4) is 0 Å². The Morgan fingerprint density at radius 1 is 1.27 bits per heavy atom. The minimum atomic E-state index is -4.26. The summed E-state index contributed by atoms with van der Waals surface area (Å²) in [4.78, 5) is 23.8. The van der Waals surface area contributed by atoms with Gasteiger partial charge < -0.3 is 9.79 Å². The van der Waals surface area contributed by atoms with Crippen LogP contribution in [0.15, 0.2) is 30.6 Å². The van der Waals surface area contributed by atoms with Crippen molar-refractivity contribution >= 4 is 15.6 Å². The van der Waals surface area contributed by atoms with Gasteiger partial charge in [0.2, 0.25) is 0 Å². The molecular weight excluding hydrogens is 240 g/mol. The summed E-state index contributed by atoms with van der Waals surface area (Å²) < 4.78 is 21.5. The van der Waals surface area contributed by atoms with Crippen molar-refractivity contribution in [1.29, 1.82) is 0 Å². The van der Waals surface area contributed by atoms with E-state index in [9.17, 15) is 9.13 Å². The Kier molecular flexibility index (Phi) is 6.48. The van der Waals surface area contributed by atoms with Crippen LogP contribution in [0.5, 0.6) is 0 Å². The van der Waals surface area contributed by atoms with E-state index in [1.54, 1.807) is 0 Å². The zero-order chi connectivity index (χ0) is 11.9. The van der Waals surface area contributed by atoms with Crippen LogP contribution in [0, 0.1) is 0 Å². The zero-order valence-corrected chi connectivity index (χ0v) is 9.88. The molecule has 0 aliphatic carbocycles. The largest absolute Gasteiger partial charge is 0.518 e. The second-order valence-electron chi connectivity index (χ2n) is 2.70. The highest BCUT2D eigenvalue weighted by atomic mass is 31.2. The van der Waals surface area contributed by atoms with Gasteiger partial charge in [-0.3, -0.25) is 4.57 Å². The number of aromatic nitrogens is 1. The fourth-order valence-corrected chi connectivity index (χ4v) is 1.90. The Labute approximate surface area is 88.2 Å². The quantitative estimate of drug-likeness (QED) is 0.522. The summed E-state index contributed by atoms with van der Waals surface area (Å²) in [5.41, 5.74) is 0. The summed E-state index contributed by atoms with van der Waals surface area (Å²) in [6.07, 6.45) is 4.00. The van der Waals surface area contributed by atoms with Crippen molar-refractivity contribution in [3.63, 3.8) is 0 Å². The fourth-order valence-electron chi connectivity index (χ4n) is 0.642. The van der Waals surface area contributed by atoms with Crippen LogP contribution in [-0.2, 0) is 16.2 Å². The maximum Gasteiger partial charge on any atom is 0.518 e. The normalized spacial score (nSPS) is 11.3. The highest BCUT2D eigenvalue weighted by Crippen LogP contribution is 2.42. The van der Waals surface area contributed by atoms with Gasteiger partial charge in [-0.05, 0) is 4.57 Å². The predicted octanol–water partition coefficient (Wildman–Crippen LogP) is 0.367. The molecule has 0 saturated carbocycles. The van der Waals surface area contributed by atoms with Crippen LogP contribution in [0.2, 0.25) is 0 Å². The van der Waals surface area contributed by atoms with Crippen LogP contribution in [-0.4, -0.2) is 20.6 Å². The molecule has 0 aliphatic rings. The first-order valence-corrected chi connectivity index (χ1v) is 7.09. The summed E-state index contributed by atoms with van der Waals surface area (Å²) in [5.74, 6) is -0.942. The SMILES string of the molecule is C[n+]1ccccc1.O=[P+](O)CP(=O)(O)O. The van der Waals surface area contributed by atoms with Crippen LogP contribution < -0.4 is 4.57 Å². The van der Waals surface area contributed by atoms with Crippen molar-refractivity contribution < 1.29 is 28.4 Å². The Balaban J connectivity index is 0.000000262. The predicted molar refractivity (Wildman–Crippen MR) is 54.4 cm³/mol. The highest BCUT2D eigenvalue weighted by molar-refractivity contribution is 7.64. The van der Waals surface area contributed by atoms with E-state index in [-0.39, 0.29) is 0 Å². The lowest BCUT2D eigenvalue weighted by atomic mass is 10.5. The summed E-state index contributed by atoms with van der Waals surface area (Å²) in [7, 11) is -4.96. The summed E-state index contributed by atoms with van der Waals surface area (Å²) in [6, 6.07) is 6.00. The van der Waals surface area contributed by atoms with Gasteiger partial charge in [-0.1, -0.05) is 6.07 Å². The fraction of sp³-hybridized carbons (Fsp3) is 0.286. The van der Waals surface area contributed by atoms with Crippen LogP contribution in [0.1, 0.15) is 0 Å². The molecule has 0 aliphatic heterocycles. The third-order valence-electron chi connectivity index (χ3n) is 1.17. The third-order valence-corrected chi connectivity index (χ3v) is 3.61. The van der Waals surface area contributed by atoms with E-state index in [0.717, 1.165) is 0 Å². The summed E-state index contributed by atoms with van der Waals surface area (Å²) in [6.45, 7) is 0. The third kappa shape index (κ3) is 11.3. The molecule has 0 bridgehead atoms. The maximum atomic E-state index is 9.79. The van der Waals surface area contributed by atoms with Crippen molar-refractivity contribution in [3.05, 3.63) is 30.6 Å². The van der Waals surface area contributed by atoms with Gasteiger partial charge in [0.05, 0.1) is 0 Å². The number of pyridine rings is 1. The van der Waals surface area contributed by atoms with Gasteiger partial charge in [-0.15, -0.1) is 0 Å². The molecule has 1 aromatic rings. The van der Waals surface area contributed by atoms with Gasteiger partial charge in [0.1, 0.15) is 7.05 Å². The lowest BCUT2D eigenvalue weighted by molar-refractivity contribution is -0.671. The van der Waals surface area contributed by atoms with E-state index >= 15 is 0 Å². The smallest absolute Gasteiger partial charge is 0.321 e. The zero-order valence-electron chi connectivity index (χ0n) is 8.09. The first kappa shape index (κ1) is 14.4. The molecule has 84 valence electrons. The first-order chi connectivity index (χ1) is 6.81.